The number of nitrogens with one attached hydrogen (secondary N) is 1. The van der Waals surface area contributed by atoms with E-state index >= 15 is 0 Å². The van der Waals surface area contributed by atoms with Crippen LogP contribution >= 0.6 is 11.6 Å². The second kappa shape index (κ2) is 7.36. The summed E-state index contributed by atoms with van der Waals surface area (Å²) in [6.45, 7) is 4.17. The smallest absolute Gasteiger partial charge is 0.295 e. The predicted molar refractivity (Wildman–Crippen MR) is 96.7 cm³/mol. The van der Waals surface area contributed by atoms with Crippen molar-refractivity contribution in [1.82, 2.24) is 14.8 Å². The molecule has 0 aliphatic carbocycles. The highest BCUT2D eigenvalue weighted by Crippen LogP contribution is 2.24. The van der Waals surface area contributed by atoms with E-state index in [1.54, 1.807) is 35.9 Å². The molecule has 0 aliphatic heterocycles. The molecule has 0 saturated heterocycles. The molecule has 1 heterocycles. The zero-order chi connectivity index (χ0) is 17.8. The van der Waals surface area contributed by atoms with Crippen molar-refractivity contribution in [2.24, 2.45) is 0 Å². The molecule has 1 amide bonds. The average Bonchev–Trinajstić information content (AvgIpc) is 2.99. The van der Waals surface area contributed by atoms with Crippen LogP contribution in [-0.4, -0.2) is 27.3 Å². The van der Waals surface area contributed by atoms with Crippen molar-refractivity contribution in [3.8, 4) is 11.4 Å². The summed E-state index contributed by atoms with van der Waals surface area (Å²) in [5.41, 5.74) is 1.32. The Hall–Kier alpha value is -2.86. The second-order valence-electron chi connectivity index (χ2n) is 5.26. The van der Waals surface area contributed by atoms with Gasteiger partial charge in [0.05, 0.1) is 18.0 Å². The van der Waals surface area contributed by atoms with Crippen LogP contribution in [0.25, 0.3) is 5.69 Å². The summed E-state index contributed by atoms with van der Waals surface area (Å²) in [5, 5.41) is 7.66. The Morgan fingerprint density at radius 3 is 2.80 bits per heavy atom. The van der Waals surface area contributed by atoms with Gasteiger partial charge in [0.15, 0.2) is 0 Å². The molecule has 1 aromatic heterocycles. The zero-order valence-corrected chi connectivity index (χ0v) is 14.6. The summed E-state index contributed by atoms with van der Waals surface area (Å²) in [6.07, 6.45) is 0. The molecule has 0 spiro atoms. The Bertz CT molecular complexity index is 908. The lowest BCUT2D eigenvalue weighted by Crippen LogP contribution is -2.15. The standard InChI is InChI=1S/C18H17ClN4O2/c1-3-25-16-10-5-4-9-15(16)21-18(24)17-20-12(2)23(22-17)14-8-6-7-13(19)11-14/h4-11H,3H2,1-2H3,(H,21,24). The molecular weight excluding hydrogens is 340 g/mol. The fourth-order valence-electron chi connectivity index (χ4n) is 2.37. The molecule has 3 aromatic rings. The van der Waals surface area contributed by atoms with E-state index in [0.717, 1.165) is 5.69 Å². The second-order valence-corrected chi connectivity index (χ2v) is 5.69. The van der Waals surface area contributed by atoms with Gasteiger partial charge in [0, 0.05) is 5.02 Å². The maximum absolute atomic E-state index is 12.5. The summed E-state index contributed by atoms with van der Waals surface area (Å²) in [6, 6.07) is 14.4. The van der Waals surface area contributed by atoms with Crippen molar-refractivity contribution in [3.63, 3.8) is 0 Å². The normalized spacial score (nSPS) is 10.5. The minimum Gasteiger partial charge on any atom is -0.492 e. The summed E-state index contributed by atoms with van der Waals surface area (Å²) in [5.74, 6) is 0.856. The number of rotatable bonds is 5. The first-order chi connectivity index (χ1) is 12.1. The molecule has 2 aromatic carbocycles. The van der Waals surface area contributed by atoms with Crippen LogP contribution in [-0.2, 0) is 0 Å². The third-order valence-electron chi connectivity index (χ3n) is 3.46. The number of amides is 1. The molecule has 7 heteroatoms. The Balaban J connectivity index is 1.86. The third kappa shape index (κ3) is 3.80. The summed E-state index contributed by atoms with van der Waals surface area (Å²) < 4.78 is 7.09. The third-order valence-corrected chi connectivity index (χ3v) is 3.70. The van der Waals surface area contributed by atoms with Crippen LogP contribution in [0, 0.1) is 6.92 Å². The number of carbonyl (C=O) groups is 1. The molecular formula is C18H17ClN4O2. The fraction of sp³-hybridized carbons (Fsp3) is 0.167. The number of halogens is 1. The predicted octanol–water partition coefficient (Wildman–Crippen LogP) is 3.88. The molecule has 25 heavy (non-hydrogen) atoms. The largest absolute Gasteiger partial charge is 0.492 e. The van der Waals surface area contributed by atoms with Crippen LogP contribution in [0.1, 0.15) is 23.4 Å². The molecule has 0 bridgehead atoms. The van der Waals surface area contributed by atoms with Crippen LogP contribution in [0.15, 0.2) is 48.5 Å². The fourth-order valence-corrected chi connectivity index (χ4v) is 2.55. The molecule has 3 rings (SSSR count). The maximum Gasteiger partial charge on any atom is 0.295 e. The molecule has 6 nitrogen and oxygen atoms in total. The molecule has 0 unspecified atom stereocenters. The van der Waals surface area contributed by atoms with E-state index in [9.17, 15) is 4.79 Å². The molecule has 0 saturated carbocycles. The van der Waals surface area contributed by atoms with Crippen molar-refractivity contribution < 1.29 is 9.53 Å². The van der Waals surface area contributed by atoms with Gasteiger partial charge in [0.2, 0.25) is 5.82 Å². The lowest BCUT2D eigenvalue weighted by atomic mass is 10.3. The topological polar surface area (TPSA) is 69.0 Å². The molecule has 128 valence electrons. The number of aryl methyl sites for hydroxylation is 1. The van der Waals surface area contributed by atoms with E-state index in [1.807, 2.05) is 31.2 Å². The van der Waals surface area contributed by atoms with Crippen molar-refractivity contribution in [2.75, 3.05) is 11.9 Å². The SMILES string of the molecule is CCOc1ccccc1NC(=O)c1nc(C)n(-c2cccc(Cl)c2)n1. The lowest BCUT2D eigenvalue weighted by Gasteiger charge is -2.09. The minimum atomic E-state index is -0.406. The quantitative estimate of drug-likeness (QED) is 0.753. The molecule has 0 fully saturated rings. The van der Waals surface area contributed by atoms with Gasteiger partial charge in [-0.15, -0.1) is 5.10 Å². The highest BCUT2D eigenvalue weighted by Gasteiger charge is 2.17. The van der Waals surface area contributed by atoms with E-state index < -0.39 is 5.91 Å². The zero-order valence-electron chi connectivity index (χ0n) is 13.9. The summed E-state index contributed by atoms with van der Waals surface area (Å²) in [4.78, 5) is 16.7. The monoisotopic (exact) mass is 356 g/mol. The van der Waals surface area contributed by atoms with E-state index in [0.29, 0.717) is 28.9 Å². The number of para-hydroxylation sites is 2. The van der Waals surface area contributed by atoms with Crippen molar-refractivity contribution in [1.29, 1.82) is 0 Å². The Kier molecular flexibility index (Phi) is 5.00. The van der Waals surface area contributed by atoms with Crippen molar-refractivity contribution in [2.45, 2.75) is 13.8 Å². The first kappa shape index (κ1) is 17.0. The van der Waals surface area contributed by atoms with Gasteiger partial charge in [-0.25, -0.2) is 9.67 Å². The Morgan fingerprint density at radius 1 is 1.24 bits per heavy atom. The number of hydrogen-bond donors (Lipinski definition) is 1. The minimum absolute atomic E-state index is 0.0729. The van der Waals surface area contributed by atoms with Crippen LogP contribution < -0.4 is 10.1 Å². The Labute approximate surface area is 150 Å². The van der Waals surface area contributed by atoms with E-state index in [-0.39, 0.29) is 5.82 Å². The van der Waals surface area contributed by atoms with Crippen LogP contribution in [0.5, 0.6) is 5.75 Å². The number of ether oxygens (including phenoxy) is 1. The summed E-state index contributed by atoms with van der Waals surface area (Å²) in [7, 11) is 0. The van der Waals surface area contributed by atoms with Gasteiger partial charge in [0.1, 0.15) is 11.6 Å². The van der Waals surface area contributed by atoms with Crippen LogP contribution in [0.3, 0.4) is 0 Å². The lowest BCUT2D eigenvalue weighted by molar-refractivity contribution is 0.101. The summed E-state index contributed by atoms with van der Waals surface area (Å²) >= 11 is 6.02. The highest BCUT2D eigenvalue weighted by molar-refractivity contribution is 6.30. The molecule has 0 atom stereocenters. The van der Waals surface area contributed by atoms with Gasteiger partial charge in [-0.1, -0.05) is 29.8 Å². The van der Waals surface area contributed by atoms with Gasteiger partial charge in [-0.3, -0.25) is 4.79 Å². The molecule has 1 N–H and O–H groups in total. The number of hydrogen-bond acceptors (Lipinski definition) is 4. The van der Waals surface area contributed by atoms with Gasteiger partial charge >= 0.3 is 0 Å². The van der Waals surface area contributed by atoms with Gasteiger partial charge in [0.25, 0.3) is 5.91 Å². The van der Waals surface area contributed by atoms with Gasteiger partial charge < -0.3 is 10.1 Å². The molecule has 0 aliphatic rings. The first-order valence-electron chi connectivity index (χ1n) is 7.81. The van der Waals surface area contributed by atoms with E-state index in [1.165, 1.54) is 0 Å². The van der Waals surface area contributed by atoms with Gasteiger partial charge in [-0.2, -0.15) is 0 Å². The highest BCUT2D eigenvalue weighted by atomic mass is 35.5. The first-order valence-corrected chi connectivity index (χ1v) is 8.19. The molecule has 0 radical (unpaired) electrons. The number of nitrogens with zero attached hydrogens (tertiary/aromatic N) is 3. The van der Waals surface area contributed by atoms with Crippen LogP contribution in [0.4, 0.5) is 5.69 Å². The Morgan fingerprint density at radius 2 is 2.04 bits per heavy atom. The number of aromatic nitrogens is 3. The van der Waals surface area contributed by atoms with Gasteiger partial charge in [-0.05, 0) is 44.2 Å². The van der Waals surface area contributed by atoms with Crippen molar-refractivity contribution >= 4 is 23.2 Å². The number of carbonyl (C=O) groups excluding carboxylic acids is 1. The number of benzene rings is 2. The average molecular weight is 357 g/mol. The van der Waals surface area contributed by atoms with E-state index in [4.69, 9.17) is 16.3 Å². The maximum atomic E-state index is 12.5. The van der Waals surface area contributed by atoms with E-state index in [2.05, 4.69) is 15.4 Å². The number of anilines is 1. The van der Waals surface area contributed by atoms with Crippen LogP contribution in [0.2, 0.25) is 5.02 Å². The van der Waals surface area contributed by atoms with Crippen molar-refractivity contribution in [3.05, 3.63) is 65.2 Å².